The standard InChI is InChI=1S/C18H33/c1-5-7-8-9-10-11-12-13-14-15-16-18(6-2)17(3)4/h6H,2-3,5,7-16H2,1,4H3. The third-order valence-electron chi connectivity index (χ3n) is 3.59. The molecular formula is C18H33. The summed E-state index contributed by atoms with van der Waals surface area (Å²) in [6, 6.07) is 0. The lowest BCUT2D eigenvalue weighted by atomic mass is 9.95. The van der Waals surface area contributed by atoms with Crippen LogP contribution in [0.1, 0.15) is 84.5 Å². The molecule has 0 aliphatic rings. The molecule has 0 spiro atoms. The Morgan fingerprint density at radius 3 is 1.67 bits per heavy atom. The van der Waals surface area contributed by atoms with Gasteiger partial charge in [0.05, 0.1) is 0 Å². The largest absolute Gasteiger partial charge is 0.102 e. The van der Waals surface area contributed by atoms with E-state index in [-0.39, 0.29) is 0 Å². The molecule has 0 N–H and O–H groups in total. The van der Waals surface area contributed by atoms with Crippen LogP contribution < -0.4 is 0 Å². The number of unbranched alkanes of at least 4 members (excludes halogenated alkanes) is 9. The summed E-state index contributed by atoms with van der Waals surface area (Å²) in [5, 5.41) is 0. The first-order valence-electron chi connectivity index (χ1n) is 7.86. The van der Waals surface area contributed by atoms with Crippen LogP contribution in [-0.2, 0) is 0 Å². The van der Waals surface area contributed by atoms with Crippen LogP contribution in [0.2, 0.25) is 0 Å². The molecule has 0 nitrogen and oxygen atoms in total. The van der Waals surface area contributed by atoms with Crippen LogP contribution in [0.5, 0.6) is 0 Å². The molecule has 0 aromatic carbocycles. The number of hydrogen-bond acceptors (Lipinski definition) is 0. The first-order valence-corrected chi connectivity index (χ1v) is 7.86. The zero-order valence-corrected chi connectivity index (χ0v) is 12.8. The molecule has 0 saturated carbocycles. The summed E-state index contributed by atoms with van der Waals surface area (Å²) in [5.74, 6) is 1.34. The van der Waals surface area contributed by atoms with Gasteiger partial charge in [0.15, 0.2) is 0 Å². The van der Waals surface area contributed by atoms with Gasteiger partial charge in [-0.2, -0.15) is 0 Å². The highest BCUT2D eigenvalue weighted by molar-refractivity contribution is 5.27. The lowest BCUT2D eigenvalue weighted by molar-refractivity contribution is 0.554. The lowest BCUT2D eigenvalue weighted by Crippen LogP contribution is -1.94. The molecule has 0 rings (SSSR count). The maximum absolute atomic E-state index is 3.98. The molecule has 0 heteroatoms. The summed E-state index contributed by atoms with van der Waals surface area (Å²) in [7, 11) is 0. The highest BCUT2D eigenvalue weighted by atomic mass is 14.1. The average Bonchev–Trinajstić information content (AvgIpc) is 2.35. The second-order valence-corrected chi connectivity index (χ2v) is 5.44. The minimum absolute atomic E-state index is 1.16. The van der Waals surface area contributed by atoms with E-state index in [4.69, 9.17) is 0 Å². The molecular weight excluding hydrogens is 216 g/mol. The smallest absolute Gasteiger partial charge is 0.0211 e. The zero-order valence-electron chi connectivity index (χ0n) is 12.8. The van der Waals surface area contributed by atoms with Crippen LogP contribution >= 0.6 is 0 Å². The summed E-state index contributed by atoms with van der Waals surface area (Å²) in [6.45, 7) is 12.2. The van der Waals surface area contributed by atoms with E-state index in [0.717, 1.165) is 6.42 Å². The second kappa shape index (κ2) is 12.9. The molecule has 105 valence electrons. The Labute approximate surface area is 116 Å². The van der Waals surface area contributed by atoms with E-state index < -0.39 is 0 Å². The zero-order chi connectivity index (χ0) is 13.6. The van der Waals surface area contributed by atoms with Gasteiger partial charge in [0, 0.05) is 5.92 Å². The Morgan fingerprint density at radius 2 is 1.28 bits per heavy atom. The molecule has 0 unspecified atom stereocenters. The molecule has 0 aliphatic carbocycles. The fourth-order valence-electron chi connectivity index (χ4n) is 2.29. The van der Waals surface area contributed by atoms with Gasteiger partial charge in [-0.3, -0.25) is 0 Å². The van der Waals surface area contributed by atoms with Crippen LogP contribution in [0, 0.1) is 5.92 Å². The predicted octanol–water partition coefficient (Wildman–Crippen LogP) is 6.63. The molecule has 1 radical (unpaired) electrons. The SMILES string of the molecule is C=C[C](CCCCCCCCCCCC)C(=C)C. The van der Waals surface area contributed by atoms with Gasteiger partial charge < -0.3 is 0 Å². The minimum atomic E-state index is 1.16. The lowest BCUT2D eigenvalue weighted by Gasteiger charge is -2.10. The summed E-state index contributed by atoms with van der Waals surface area (Å²) < 4.78 is 0. The van der Waals surface area contributed by atoms with Crippen LogP contribution in [0.15, 0.2) is 24.8 Å². The van der Waals surface area contributed by atoms with Gasteiger partial charge in [0.25, 0.3) is 0 Å². The van der Waals surface area contributed by atoms with Crippen molar-refractivity contribution in [3.63, 3.8) is 0 Å². The molecule has 0 aliphatic heterocycles. The van der Waals surface area contributed by atoms with Crippen molar-refractivity contribution in [3.8, 4) is 0 Å². The number of hydrogen-bond donors (Lipinski definition) is 0. The topological polar surface area (TPSA) is 0 Å². The van der Waals surface area contributed by atoms with Crippen LogP contribution in [0.3, 0.4) is 0 Å². The van der Waals surface area contributed by atoms with E-state index in [0.29, 0.717) is 0 Å². The van der Waals surface area contributed by atoms with E-state index in [9.17, 15) is 0 Å². The maximum Gasteiger partial charge on any atom is 0.0211 e. The van der Waals surface area contributed by atoms with E-state index in [1.807, 2.05) is 6.08 Å². The monoisotopic (exact) mass is 249 g/mol. The van der Waals surface area contributed by atoms with Crippen molar-refractivity contribution in [1.82, 2.24) is 0 Å². The normalized spacial score (nSPS) is 10.8. The molecule has 0 heterocycles. The van der Waals surface area contributed by atoms with Gasteiger partial charge in [-0.15, -0.1) is 6.58 Å². The number of rotatable bonds is 13. The molecule has 0 aromatic heterocycles. The van der Waals surface area contributed by atoms with Gasteiger partial charge in [0.1, 0.15) is 0 Å². The van der Waals surface area contributed by atoms with Gasteiger partial charge in [0.2, 0.25) is 0 Å². The Morgan fingerprint density at radius 1 is 0.833 bits per heavy atom. The first-order chi connectivity index (χ1) is 8.72. The summed E-state index contributed by atoms with van der Waals surface area (Å²) in [4.78, 5) is 0. The highest BCUT2D eigenvalue weighted by Crippen LogP contribution is 2.21. The summed E-state index contributed by atoms with van der Waals surface area (Å²) in [5.41, 5.74) is 1.18. The van der Waals surface area contributed by atoms with Gasteiger partial charge >= 0.3 is 0 Å². The molecule has 18 heavy (non-hydrogen) atoms. The van der Waals surface area contributed by atoms with Crippen molar-refractivity contribution < 1.29 is 0 Å². The highest BCUT2D eigenvalue weighted by Gasteiger charge is 2.04. The third kappa shape index (κ3) is 10.6. The molecule has 0 atom stereocenters. The van der Waals surface area contributed by atoms with Crippen LogP contribution in [0.25, 0.3) is 0 Å². The predicted molar refractivity (Wildman–Crippen MR) is 84.7 cm³/mol. The van der Waals surface area contributed by atoms with Gasteiger partial charge in [-0.25, -0.2) is 0 Å². The van der Waals surface area contributed by atoms with E-state index in [1.54, 1.807) is 0 Å². The van der Waals surface area contributed by atoms with E-state index in [1.165, 1.54) is 75.7 Å². The quantitative estimate of drug-likeness (QED) is 0.321. The van der Waals surface area contributed by atoms with Crippen molar-refractivity contribution in [2.45, 2.75) is 84.5 Å². The second-order valence-electron chi connectivity index (χ2n) is 5.44. The van der Waals surface area contributed by atoms with Crippen molar-refractivity contribution in [3.05, 3.63) is 30.7 Å². The Hall–Kier alpha value is -0.520. The molecule has 0 saturated heterocycles. The molecule has 0 aromatic rings. The van der Waals surface area contributed by atoms with Gasteiger partial charge in [-0.1, -0.05) is 89.4 Å². The Bertz CT molecular complexity index is 202. The van der Waals surface area contributed by atoms with Crippen LogP contribution in [0.4, 0.5) is 0 Å². The molecule has 0 fully saturated rings. The average molecular weight is 249 g/mol. The van der Waals surface area contributed by atoms with Crippen molar-refractivity contribution >= 4 is 0 Å². The summed E-state index contributed by atoms with van der Waals surface area (Å²) in [6.07, 6.45) is 17.1. The van der Waals surface area contributed by atoms with E-state index in [2.05, 4.69) is 27.0 Å². The van der Waals surface area contributed by atoms with Gasteiger partial charge in [-0.05, 0) is 13.3 Å². The van der Waals surface area contributed by atoms with Crippen molar-refractivity contribution in [2.24, 2.45) is 0 Å². The minimum Gasteiger partial charge on any atom is -0.102 e. The Balaban J connectivity index is 3.20. The Kier molecular flexibility index (Phi) is 12.6. The van der Waals surface area contributed by atoms with Crippen molar-refractivity contribution in [1.29, 1.82) is 0 Å². The fraction of sp³-hybridized carbons (Fsp3) is 0.722. The maximum atomic E-state index is 3.98. The van der Waals surface area contributed by atoms with Crippen molar-refractivity contribution in [2.75, 3.05) is 0 Å². The number of allylic oxidation sites excluding steroid dienone is 2. The first kappa shape index (κ1) is 17.5. The molecule has 0 amide bonds. The van der Waals surface area contributed by atoms with Crippen LogP contribution in [-0.4, -0.2) is 0 Å². The molecule has 0 bridgehead atoms. The van der Waals surface area contributed by atoms with E-state index >= 15 is 0 Å². The third-order valence-corrected chi connectivity index (χ3v) is 3.59. The fourth-order valence-corrected chi connectivity index (χ4v) is 2.29. The summed E-state index contributed by atoms with van der Waals surface area (Å²) >= 11 is 0.